The number of nitrogens with zero attached hydrogens (tertiary/aromatic N) is 3. The minimum Gasteiger partial charge on any atom is -0.476 e. The zero-order chi connectivity index (χ0) is 15.0. The molecule has 2 aromatic heterocycles. The van der Waals surface area contributed by atoms with E-state index in [0.717, 1.165) is 10.8 Å². The fourth-order valence-corrected chi connectivity index (χ4v) is 2.23. The van der Waals surface area contributed by atoms with Gasteiger partial charge in [0.05, 0.1) is 5.69 Å². The molecule has 21 heavy (non-hydrogen) atoms. The van der Waals surface area contributed by atoms with Crippen LogP contribution < -0.4 is 5.43 Å². The molecule has 0 saturated carbocycles. The Balaban J connectivity index is 2.35. The fraction of sp³-hybridized carbons (Fsp3) is 0.0667. The van der Waals surface area contributed by atoms with Crippen LogP contribution in [0.2, 0.25) is 0 Å². The minimum absolute atomic E-state index is 0.494. The lowest BCUT2D eigenvalue weighted by atomic mass is 10.1. The third-order valence-corrected chi connectivity index (χ3v) is 3.20. The predicted octanol–water partition coefficient (Wildman–Crippen LogP) is 1.79. The highest BCUT2D eigenvalue weighted by molar-refractivity contribution is 5.89. The number of aryl methyl sites for hydroxylation is 1. The van der Waals surface area contributed by atoms with Gasteiger partial charge in [-0.05, 0) is 19.1 Å². The summed E-state index contributed by atoms with van der Waals surface area (Å²) in [6, 6.07) is 8.65. The average molecular weight is 281 g/mol. The van der Waals surface area contributed by atoms with Crippen LogP contribution in [0.1, 0.15) is 16.2 Å². The van der Waals surface area contributed by atoms with Crippen molar-refractivity contribution in [3.8, 4) is 5.69 Å². The number of pyridine rings is 1. The van der Waals surface area contributed by atoms with E-state index < -0.39 is 17.1 Å². The zero-order valence-corrected chi connectivity index (χ0v) is 11.1. The molecule has 0 aliphatic rings. The van der Waals surface area contributed by atoms with Gasteiger partial charge >= 0.3 is 5.97 Å². The standard InChI is InChI=1S/C15H11N3O3/c1-9-7-13(19)14(15(20)21)17-18(9)12-4-2-3-10-8-16-6-5-11(10)12/h2-8H,1H3,(H,20,21). The van der Waals surface area contributed by atoms with Crippen molar-refractivity contribution in [1.29, 1.82) is 0 Å². The van der Waals surface area contributed by atoms with Gasteiger partial charge in [-0.3, -0.25) is 9.78 Å². The molecule has 0 aliphatic heterocycles. The Morgan fingerprint density at radius 2 is 2.10 bits per heavy atom. The van der Waals surface area contributed by atoms with Gasteiger partial charge in [0, 0.05) is 34.9 Å². The largest absolute Gasteiger partial charge is 0.476 e. The van der Waals surface area contributed by atoms with E-state index >= 15 is 0 Å². The Labute approximate surface area is 119 Å². The van der Waals surface area contributed by atoms with Crippen molar-refractivity contribution in [3.05, 3.63) is 64.3 Å². The highest BCUT2D eigenvalue weighted by Gasteiger charge is 2.14. The maximum Gasteiger partial charge on any atom is 0.360 e. The van der Waals surface area contributed by atoms with E-state index in [1.165, 1.54) is 10.7 Å². The van der Waals surface area contributed by atoms with E-state index in [0.29, 0.717) is 11.4 Å². The molecule has 0 amide bonds. The molecule has 3 aromatic rings. The molecule has 0 bridgehead atoms. The lowest BCUT2D eigenvalue weighted by molar-refractivity contribution is 0.0686. The van der Waals surface area contributed by atoms with Crippen LogP contribution in [0.4, 0.5) is 0 Å². The van der Waals surface area contributed by atoms with Crippen LogP contribution in [0.3, 0.4) is 0 Å². The Morgan fingerprint density at radius 3 is 2.86 bits per heavy atom. The van der Waals surface area contributed by atoms with E-state index in [1.54, 1.807) is 19.3 Å². The second-order valence-corrected chi connectivity index (χ2v) is 4.59. The van der Waals surface area contributed by atoms with E-state index in [9.17, 15) is 9.59 Å². The molecule has 0 atom stereocenters. The summed E-state index contributed by atoms with van der Waals surface area (Å²) in [6.45, 7) is 1.71. The highest BCUT2D eigenvalue weighted by atomic mass is 16.4. The first kappa shape index (κ1) is 13.0. The van der Waals surface area contributed by atoms with Gasteiger partial charge in [0.15, 0.2) is 0 Å². The highest BCUT2D eigenvalue weighted by Crippen LogP contribution is 2.21. The van der Waals surface area contributed by atoms with E-state index in [-0.39, 0.29) is 0 Å². The second-order valence-electron chi connectivity index (χ2n) is 4.59. The van der Waals surface area contributed by atoms with Crippen LogP contribution in [0.25, 0.3) is 16.5 Å². The molecule has 104 valence electrons. The number of aromatic nitrogens is 3. The van der Waals surface area contributed by atoms with Crippen LogP contribution in [0, 0.1) is 6.92 Å². The molecule has 0 unspecified atom stereocenters. The molecule has 6 heteroatoms. The number of benzene rings is 1. The molecule has 0 fully saturated rings. The van der Waals surface area contributed by atoms with Gasteiger partial charge in [-0.25, -0.2) is 9.48 Å². The quantitative estimate of drug-likeness (QED) is 0.774. The number of hydrogen-bond acceptors (Lipinski definition) is 4. The van der Waals surface area contributed by atoms with Crippen LogP contribution in [-0.2, 0) is 0 Å². The van der Waals surface area contributed by atoms with Crippen LogP contribution in [0.5, 0.6) is 0 Å². The maximum atomic E-state index is 11.7. The van der Waals surface area contributed by atoms with Crippen LogP contribution in [0.15, 0.2) is 47.5 Å². The van der Waals surface area contributed by atoms with Crippen molar-refractivity contribution in [1.82, 2.24) is 14.8 Å². The molecule has 6 nitrogen and oxygen atoms in total. The van der Waals surface area contributed by atoms with Gasteiger partial charge in [-0.2, -0.15) is 5.10 Å². The first-order chi connectivity index (χ1) is 10.1. The first-order valence-corrected chi connectivity index (χ1v) is 6.25. The number of carboxylic acid groups (broad SMARTS) is 1. The van der Waals surface area contributed by atoms with Gasteiger partial charge in [0.1, 0.15) is 0 Å². The summed E-state index contributed by atoms with van der Waals surface area (Å²) in [5, 5.41) is 14.8. The average Bonchev–Trinajstić information content (AvgIpc) is 2.46. The number of aromatic carboxylic acids is 1. The summed E-state index contributed by atoms with van der Waals surface area (Å²) in [5.74, 6) is -1.34. The Bertz CT molecular complexity index is 910. The van der Waals surface area contributed by atoms with Gasteiger partial charge in [0.25, 0.3) is 0 Å². The molecule has 0 radical (unpaired) electrons. The number of fused-ring (bicyclic) bond motifs is 1. The van der Waals surface area contributed by atoms with Crippen molar-refractivity contribution in [2.24, 2.45) is 0 Å². The van der Waals surface area contributed by atoms with Crippen molar-refractivity contribution in [2.75, 3.05) is 0 Å². The zero-order valence-electron chi connectivity index (χ0n) is 11.1. The van der Waals surface area contributed by atoms with E-state index in [1.807, 2.05) is 24.3 Å². The third-order valence-electron chi connectivity index (χ3n) is 3.20. The maximum absolute atomic E-state index is 11.7. The summed E-state index contributed by atoms with van der Waals surface area (Å²) in [5.41, 5.74) is 0.175. The first-order valence-electron chi connectivity index (χ1n) is 6.25. The molecule has 3 rings (SSSR count). The molecular weight excluding hydrogens is 270 g/mol. The Kier molecular flexibility index (Phi) is 2.98. The smallest absolute Gasteiger partial charge is 0.360 e. The summed E-state index contributed by atoms with van der Waals surface area (Å²) in [4.78, 5) is 26.8. The molecule has 0 spiro atoms. The molecular formula is C15H11N3O3. The third kappa shape index (κ3) is 2.16. The number of hydrogen-bond donors (Lipinski definition) is 1. The Hall–Kier alpha value is -3.02. The Morgan fingerprint density at radius 1 is 1.29 bits per heavy atom. The summed E-state index contributed by atoms with van der Waals surface area (Å²) in [6.07, 6.45) is 3.37. The van der Waals surface area contributed by atoms with Crippen molar-refractivity contribution in [3.63, 3.8) is 0 Å². The van der Waals surface area contributed by atoms with Crippen molar-refractivity contribution < 1.29 is 9.90 Å². The molecule has 0 saturated heterocycles. The predicted molar refractivity (Wildman–Crippen MR) is 76.8 cm³/mol. The summed E-state index contributed by atoms with van der Waals surface area (Å²) >= 11 is 0. The molecule has 1 aromatic carbocycles. The fourth-order valence-electron chi connectivity index (χ4n) is 2.23. The van der Waals surface area contributed by atoms with E-state index in [4.69, 9.17) is 5.11 Å². The number of carboxylic acids is 1. The normalized spacial score (nSPS) is 10.7. The number of rotatable bonds is 2. The van der Waals surface area contributed by atoms with Gasteiger partial charge in [0.2, 0.25) is 11.1 Å². The molecule has 1 N–H and O–H groups in total. The summed E-state index contributed by atoms with van der Waals surface area (Å²) in [7, 11) is 0. The topological polar surface area (TPSA) is 85.1 Å². The molecule has 2 heterocycles. The van der Waals surface area contributed by atoms with Crippen LogP contribution >= 0.6 is 0 Å². The summed E-state index contributed by atoms with van der Waals surface area (Å²) < 4.78 is 1.47. The second kappa shape index (κ2) is 4.82. The van der Waals surface area contributed by atoms with Crippen LogP contribution in [-0.4, -0.2) is 25.8 Å². The van der Waals surface area contributed by atoms with E-state index in [2.05, 4.69) is 10.1 Å². The van der Waals surface area contributed by atoms with Gasteiger partial charge in [-0.15, -0.1) is 0 Å². The lowest BCUT2D eigenvalue weighted by Crippen LogP contribution is -2.22. The SMILES string of the molecule is Cc1cc(=O)c(C(=O)O)nn1-c1cccc2cnccc12. The minimum atomic E-state index is -1.34. The van der Waals surface area contributed by atoms with Crippen molar-refractivity contribution in [2.45, 2.75) is 6.92 Å². The lowest BCUT2D eigenvalue weighted by Gasteiger charge is -2.12. The van der Waals surface area contributed by atoms with Gasteiger partial charge < -0.3 is 5.11 Å². The van der Waals surface area contributed by atoms with Crippen molar-refractivity contribution >= 4 is 16.7 Å². The monoisotopic (exact) mass is 281 g/mol. The van der Waals surface area contributed by atoms with Gasteiger partial charge in [-0.1, -0.05) is 12.1 Å². The molecule has 0 aliphatic carbocycles. The number of carbonyl (C=O) groups is 1.